The molecule has 1 aliphatic rings. The van der Waals surface area contributed by atoms with E-state index in [9.17, 15) is 26.0 Å². The van der Waals surface area contributed by atoms with E-state index in [1.165, 1.54) is 18.2 Å². The average molecular weight is 312 g/mol. The van der Waals surface area contributed by atoms with Crippen LogP contribution in [0.15, 0.2) is 18.2 Å². The molecule has 1 aromatic rings. The van der Waals surface area contributed by atoms with Gasteiger partial charge in [0, 0.05) is 0 Å². The number of rotatable bonds is 3. The highest BCUT2D eigenvalue weighted by Crippen LogP contribution is 2.39. The Morgan fingerprint density at radius 1 is 1.35 bits per heavy atom. The van der Waals surface area contributed by atoms with Gasteiger partial charge < -0.3 is 5.11 Å². The number of halogens is 4. The molecule has 0 saturated heterocycles. The van der Waals surface area contributed by atoms with E-state index < -0.39 is 38.9 Å². The molecule has 2 atom stereocenters. The van der Waals surface area contributed by atoms with Crippen LogP contribution in [0.3, 0.4) is 0 Å². The number of sulfone groups is 1. The van der Waals surface area contributed by atoms with Crippen molar-refractivity contribution in [2.24, 2.45) is 0 Å². The van der Waals surface area contributed by atoms with Crippen molar-refractivity contribution in [1.29, 1.82) is 0 Å². The molecule has 0 amide bonds. The summed E-state index contributed by atoms with van der Waals surface area (Å²) in [6.45, 7) is 0. The van der Waals surface area contributed by atoms with Crippen LogP contribution in [0, 0.1) is 5.82 Å². The van der Waals surface area contributed by atoms with Crippen molar-refractivity contribution in [2.75, 3.05) is 5.75 Å². The predicted octanol–water partition coefficient (Wildman–Crippen LogP) is 2.15. The van der Waals surface area contributed by atoms with Gasteiger partial charge in [-0.15, -0.1) is 0 Å². The fourth-order valence-electron chi connectivity index (χ4n) is 2.38. The number of hydrogen-bond donors (Lipinski definition) is 1. The second kappa shape index (κ2) is 5.00. The van der Waals surface area contributed by atoms with Gasteiger partial charge in [0.2, 0.25) is 0 Å². The van der Waals surface area contributed by atoms with Gasteiger partial charge in [-0.2, -0.15) is 13.2 Å². The van der Waals surface area contributed by atoms with Gasteiger partial charge in [0.15, 0.2) is 15.9 Å². The molecule has 1 N–H and O–H groups in total. The number of benzene rings is 1. The molecule has 0 unspecified atom stereocenters. The Morgan fingerprint density at radius 2 is 2.00 bits per heavy atom. The first-order valence-corrected chi connectivity index (χ1v) is 7.58. The number of fused-ring (bicyclic) bond motifs is 1. The van der Waals surface area contributed by atoms with Crippen molar-refractivity contribution >= 4 is 9.84 Å². The summed E-state index contributed by atoms with van der Waals surface area (Å²) in [5.41, 5.74) is 0.418. The molecule has 0 radical (unpaired) electrons. The van der Waals surface area contributed by atoms with Gasteiger partial charge in [0.1, 0.15) is 5.82 Å². The first-order chi connectivity index (χ1) is 9.13. The average Bonchev–Trinajstić information content (AvgIpc) is 2.73. The molecule has 0 fully saturated rings. The number of alkyl halides is 3. The first-order valence-electron chi connectivity index (χ1n) is 5.86. The van der Waals surface area contributed by atoms with Crippen LogP contribution in [0.5, 0.6) is 0 Å². The molecular weight excluding hydrogens is 300 g/mol. The maximum absolute atomic E-state index is 13.5. The zero-order chi connectivity index (χ0) is 15.1. The van der Waals surface area contributed by atoms with Crippen LogP contribution in [-0.4, -0.2) is 31.6 Å². The molecule has 20 heavy (non-hydrogen) atoms. The number of hydrogen-bond acceptors (Lipinski definition) is 3. The van der Waals surface area contributed by atoms with E-state index in [4.69, 9.17) is 5.11 Å². The lowest BCUT2D eigenvalue weighted by Gasteiger charge is -2.18. The van der Waals surface area contributed by atoms with Gasteiger partial charge in [0.25, 0.3) is 0 Å². The number of aliphatic hydroxyl groups excluding tert-OH is 1. The zero-order valence-corrected chi connectivity index (χ0v) is 11.0. The molecule has 0 saturated carbocycles. The maximum Gasteiger partial charge on any atom is 0.415 e. The molecule has 2 rings (SSSR count). The van der Waals surface area contributed by atoms with E-state index in [-0.39, 0.29) is 24.0 Å². The summed E-state index contributed by atoms with van der Waals surface area (Å²) in [5.74, 6) is -1.96. The zero-order valence-electron chi connectivity index (χ0n) is 10.2. The van der Waals surface area contributed by atoms with Crippen LogP contribution in [0.1, 0.15) is 22.8 Å². The topological polar surface area (TPSA) is 54.4 Å². The summed E-state index contributed by atoms with van der Waals surface area (Å²) < 4.78 is 74.2. The minimum Gasteiger partial charge on any atom is -0.383 e. The van der Waals surface area contributed by atoms with E-state index >= 15 is 0 Å². The highest BCUT2D eigenvalue weighted by Gasteiger charge is 2.44. The van der Waals surface area contributed by atoms with Crippen molar-refractivity contribution in [3.63, 3.8) is 0 Å². The van der Waals surface area contributed by atoms with Gasteiger partial charge in [-0.3, -0.25) is 0 Å². The Balaban J connectivity index is 2.28. The van der Waals surface area contributed by atoms with Crippen molar-refractivity contribution in [3.8, 4) is 0 Å². The summed E-state index contributed by atoms with van der Waals surface area (Å²) in [5, 5.41) is 7.72. The Labute approximate surface area is 113 Å². The fourth-order valence-corrected chi connectivity index (χ4v) is 4.32. The molecule has 8 heteroatoms. The van der Waals surface area contributed by atoms with Crippen LogP contribution in [0.2, 0.25) is 0 Å². The van der Waals surface area contributed by atoms with Crippen LogP contribution in [0.4, 0.5) is 17.6 Å². The van der Waals surface area contributed by atoms with Crippen molar-refractivity contribution in [1.82, 2.24) is 0 Å². The minimum atomic E-state index is -4.99. The minimum absolute atomic E-state index is 0.0309. The first kappa shape index (κ1) is 15.2. The molecule has 0 spiro atoms. The Hall–Kier alpha value is -1.15. The fraction of sp³-hybridized carbons (Fsp3) is 0.500. The summed E-state index contributed by atoms with van der Waals surface area (Å²) >= 11 is 0. The standard InChI is InChI=1S/C12H12F4O3S/c13-9-3-1-2-8-7(9)4-5-10(8)20(18,19)6-11(17)12(14,15)16/h1-3,10-11,17H,4-6H2/t10-,11-/m0/s1. The lowest BCUT2D eigenvalue weighted by atomic mass is 10.1. The molecule has 112 valence electrons. The van der Waals surface area contributed by atoms with E-state index in [0.29, 0.717) is 0 Å². The molecule has 3 nitrogen and oxygen atoms in total. The van der Waals surface area contributed by atoms with E-state index in [2.05, 4.69) is 0 Å². The highest BCUT2D eigenvalue weighted by molar-refractivity contribution is 7.91. The smallest absolute Gasteiger partial charge is 0.383 e. The van der Waals surface area contributed by atoms with Crippen LogP contribution < -0.4 is 0 Å². The van der Waals surface area contributed by atoms with Crippen LogP contribution >= 0.6 is 0 Å². The van der Waals surface area contributed by atoms with Crippen molar-refractivity contribution in [2.45, 2.75) is 30.4 Å². The Morgan fingerprint density at radius 3 is 2.60 bits per heavy atom. The van der Waals surface area contributed by atoms with Crippen LogP contribution in [0.25, 0.3) is 0 Å². The predicted molar refractivity (Wildman–Crippen MR) is 63.3 cm³/mol. The van der Waals surface area contributed by atoms with Crippen molar-refractivity contribution < 1.29 is 31.1 Å². The number of aliphatic hydroxyl groups is 1. The van der Waals surface area contributed by atoms with E-state index in [1.54, 1.807) is 0 Å². The van der Waals surface area contributed by atoms with Gasteiger partial charge in [-0.05, 0) is 30.0 Å². The highest BCUT2D eigenvalue weighted by atomic mass is 32.2. The lowest BCUT2D eigenvalue weighted by Crippen LogP contribution is -2.36. The summed E-state index contributed by atoms with van der Waals surface area (Å²) in [6, 6.07) is 3.90. The largest absolute Gasteiger partial charge is 0.415 e. The molecule has 0 bridgehead atoms. The SMILES string of the molecule is O=S(=O)(C[C@H](O)C(F)(F)F)[C@H]1CCc2c(F)cccc21. The Bertz CT molecular complexity index is 610. The maximum atomic E-state index is 13.5. The quantitative estimate of drug-likeness (QED) is 0.870. The molecule has 1 aliphatic carbocycles. The molecule has 0 aromatic heterocycles. The van der Waals surface area contributed by atoms with Gasteiger partial charge in [0.05, 0.1) is 11.0 Å². The second-order valence-corrected chi connectivity index (χ2v) is 6.95. The van der Waals surface area contributed by atoms with Gasteiger partial charge >= 0.3 is 6.18 Å². The third-order valence-corrected chi connectivity index (χ3v) is 5.50. The third kappa shape index (κ3) is 2.80. The van der Waals surface area contributed by atoms with Gasteiger partial charge in [-0.1, -0.05) is 12.1 Å². The van der Waals surface area contributed by atoms with Gasteiger partial charge in [-0.25, -0.2) is 12.8 Å². The monoisotopic (exact) mass is 312 g/mol. The normalized spacial score (nSPS) is 20.8. The Kier molecular flexibility index (Phi) is 3.81. The van der Waals surface area contributed by atoms with E-state index in [0.717, 1.165) is 0 Å². The van der Waals surface area contributed by atoms with Crippen LogP contribution in [-0.2, 0) is 16.3 Å². The van der Waals surface area contributed by atoms with Crippen molar-refractivity contribution in [3.05, 3.63) is 35.1 Å². The lowest BCUT2D eigenvalue weighted by molar-refractivity contribution is -0.196. The molecule has 0 aliphatic heterocycles. The third-order valence-electron chi connectivity index (χ3n) is 3.36. The molecular formula is C12H12F4O3S. The summed E-state index contributed by atoms with van der Waals surface area (Å²) in [4.78, 5) is 0. The molecule has 0 heterocycles. The summed E-state index contributed by atoms with van der Waals surface area (Å²) in [6.07, 6.45) is -7.72. The summed E-state index contributed by atoms with van der Waals surface area (Å²) in [7, 11) is -4.21. The molecule has 1 aromatic carbocycles. The van der Waals surface area contributed by atoms with E-state index in [1.807, 2.05) is 0 Å². The second-order valence-electron chi connectivity index (χ2n) is 4.72.